The lowest BCUT2D eigenvalue weighted by Gasteiger charge is -2.07. The molecule has 0 aliphatic carbocycles. The van der Waals surface area contributed by atoms with Crippen LogP contribution in [-0.4, -0.2) is 9.78 Å². The Morgan fingerprint density at radius 2 is 2.33 bits per heavy atom. The molecule has 1 aromatic heterocycles. The van der Waals surface area contributed by atoms with Crippen molar-refractivity contribution in [1.82, 2.24) is 9.78 Å². The number of benzene rings is 1. The van der Waals surface area contributed by atoms with Crippen molar-refractivity contribution in [2.24, 2.45) is 0 Å². The first kappa shape index (κ1) is 12.7. The molecular weight excluding hydrogens is 292 g/mol. The summed E-state index contributed by atoms with van der Waals surface area (Å²) in [4.78, 5) is 0. The van der Waals surface area contributed by atoms with Crippen molar-refractivity contribution >= 4 is 21.6 Å². The molecule has 4 nitrogen and oxygen atoms in total. The van der Waals surface area contributed by atoms with E-state index in [0.29, 0.717) is 12.1 Å². The molecule has 92 valence electrons. The van der Waals surface area contributed by atoms with Crippen LogP contribution in [0.3, 0.4) is 0 Å². The molecule has 0 unspecified atom stereocenters. The van der Waals surface area contributed by atoms with Crippen molar-refractivity contribution in [3.05, 3.63) is 46.2 Å². The van der Waals surface area contributed by atoms with Crippen molar-refractivity contribution in [1.29, 1.82) is 5.26 Å². The lowest BCUT2D eigenvalue weighted by atomic mass is 10.2. The second-order valence-electron chi connectivity index (χ2n) is 3.86. The van der Waals surface area contributed by atoms with Gasteiger partial charge in [0.15, 0.2) is 0 Å². The first-order valence-electron chi connectivity index (χ1n) is 5.67. The van der Waals surface area contributed by atoms with Crippen molar-refractivity contribution in [2.75, 3.05) is 5.32 Å². The van der Waals surface area contributed by atoms with E-state index in [9.17, 15) is 0 Å². The summed E-state index contributed by atoms with van der Waals surface area (Å²) in [6, 6.07) is 7.79. The van der Waals surface area contributed by atoms with Crippen LogP contribution < -0.4 is 5.32 Å². The summed E-state index contributed by atoms with van der Waals surface area (Å²) in [5.74, 6) is 0. The Balaban J connectivity index is 2.08. The normalized spacial score (nSPS) is 10.1. The van der Waals surface area contributed by atoms with Crippen molar-refractivity contribution in [3.8, 4) is 6.07 Å². The average Bonchev–Trinajstić information content (AvgIpc) is 2.85. The highest BCUT2D eigenvalue weighted by atomic mass is 79.9. The van der Waals surface area contributed by atoms with Crippen LogP contribution in [0.15, 0.2) is 35.1 Å². The molecule has 0 radical (unpaired) electrons. The molecule has 0 bridgehead atoms. The number of nitrogens with zero attached hydrogens (tertiary/aromatic N) is 3. The molecule has 2 aromatic rings. The summed E-state index contributed by atoms with van der Waals surface area (Å²) >= 11 is 3.35. The zero-order valence-corrected chi connectivity index (χ0v) is 11.6. The predicted molar refractivity (Wildman–Crippen MR) is 74.1 cm³/mol. The number of anilines is 1. The Morgan fingerprint density at radius 3 is 3.00 bits per heavy atom. The fraction of sp³-hybridized carbons (Fsp3) is 0.231. The monoisotopic (exact) mass is 304 g/mol. The maximum Gasteiger partial charge on any atom is 0.101 e. The van der Waals surface area contributed by atoms with Crippen LogP contribution in [0.5, 0.6) is 0 Å². The summed E-state index contributed by atoms with van der Waals surface area (Å²) in [5, 5.41) is 16.5. The van der Waals surface area contributed by atoms with Gasteiger partial charge in [-0.25, -0.2) is 0 Å². The summed E-state index contributed by atoms with van der Waals surface area (Å²) in [7, 11) is 0. The van der Waals surface area contributed by atoms with Gasteiger partial charge in [-0.3, -0.25) is 4.68 Å². The molecular formula is C13H13BrN4. The topological polar surface area (TPSA) is 53.6 Å². The van der Waals surface area contributed by atoms with Gasteiger partial charge < -0.3 is 5.32 Å². The SMILES string of the molecule is CCn1cc(CNc2ccc(Br)cc2C#N)cn1. The Morgan fingerprint density at radius 1 is 1.50 bits per heavy atom. The third-order valence-electron chi connectivity index (χ3n) is 2.60. The van der Waals surface area contributed by atoms with Gasteiger partial charge in [0.2, 0.25) is 0 Å². The molecule has 0 amide bonds. The second kappa shape index (κ2) is 5.69. The van der Waals surface area contributed by atoms with Crippen LogP contribution in [0.4, 0.5) is 5.69 Å². The number of nitrogens with one attached hydrogen (secondary N) is 1. The number of halogens is 1. The van der Waals surface area contributed by atoms with Gasteiger partial charge in [0.1, 0.15) is 6.07 Å². The molecule has 5 heteroatoms. The average molecular weight is 305 g/mol. The molecule has 0 aliphatic rings. The number of nitriles is 1. The molecule has 0 fully saturated rings. The summed E-state index contributed by atoms with van der Waals surface area (Å²) in [6.45, 7) is 3.57. The lowest BCUT2D eigenvalue weighted by Crippen LogP contribution is -2.00. The number of rotatable bonds is 4. The minimum absolute atomic E-state index is 0.632. The smallest absolute Gasteiger partial charge is 0.101 e. The number of aryl methyl sites for hydroxylation is 1. The molecule has 0 saturated heterocycles. The van der Waals surface area contributed by atoms with Crippen LogP contribution in [0, 0.1) is 11.3 Å². The van der Waals surface area contributed by atoms with Gasteiger partial charge in [0.25, 0.3) is 0 Å². The highest BCUT2D eigenvalue weighted by Gasteiger charge is 2.03. The molecule has 1 N–H and O–H groups in total. The second-order valence-corrected chi connectivity index (χ2v) is 4.78. The van der Waals surface area contributed by atoms with E-state index in [0.717, 1.165) is 22.3 Å². The molecule has 0 saturated carbocycles. The predicted octanol–water partition coefficient (Wildman–Crippen LogP) is 3.15. The van der Waals surface area contributed by atoms with E-state index < -0.39 is 0 Å². The van der Waals surface area contributed by atoms with E-state index in [1.807, 2.05) is 36.1 Å². The maximum absolute atomic E-state index is 9.05. The van der Waals surface area contributed by atoms with Gasteiger partial charge in [-0.05, 0) is 25.1 Å². The molecule has 0 aliphatic heterocycles. The van der Waals surface area contributed by atoms with E-state index in [-0.39, 0.29) is 0 Å². The van der Waals surface area contributed by atoms with Gasteiger partial charge in [0.05, 0.1) is 17.4 Å². The third kappa shape index (κ3) is 2.90. The number of aromatic nitrogens is 2. The van der Waals surface area contributed by atoms with Crippen molar-refractivity contribution < 1.29 is 0 Å². The van der Waals surface area contributed by atoms with Crippen molar-refractivity contribution in [2.45, 2.75) is 20.0 Å². The van der Waals surface area contributed by atoms with E-state index in [4.69, 9.17) is 5.26 Å². The van der Waals surface area contributed by atoms with Crippen LogP contribution in [0.25, 0.3) is 0 Å². The van der Waals surface area contributed by atoms with Gasteiger partial charge in [0, 0.05) is 29.3 Å². The molecule has 1 aromatic carbocycles. The fourth-order valence-electron chi connectivity index (χ4n) is 1.63. The van der Waals surface area contributed by atoms with Gasteiger partial charge in [-0.2, -0.15) is 10.4 Å². The molecule has 0 atom stereocenters. The quantitative estimate of drug-likeness (QED) is 0.944. The molecule has 0 spiro atoms. The van der Waals surface area contributed by atoms with E-state index >= 15 is 0 Å². The minimum atomic E-state index is 0.632. The highest BCUT2D eigenvalue weighted by molar-refractivity contribution is 9.10. The third-order valence-corrected chi connectivity index (χ3v) is 3.09. The standard InChI is InChI=1S/C13H13BrN4/c1-2-18-9-10(8-17-18)7-16-13-4-3-12(14)5-11(13)6-15/h3-5,8-9,16H,2,7H2,1H3. The van der Waals surface area contributed by atoms with Crippen LogP contribution >= 0.6 is 15.9 Å². The zero-order chi connectivity index (χ0) is 13.0. The lowest BCUT2D eigenvalue weighted by molar-refractivity contribution is 0.659. The fourth-order valence-corrected chi connectivity index (χ4v) is 1.99. The first-order chi connectivity index (χ1) is 8.72. The van der Waals surface area contributed by atoms with E-state index in [1.165, 1.54) is 0 Å². The maximum atomic E-state index is 9.05. The largest absolute Gasteiger partial charge is 0.380 e. The molecule has 1 heterocycles. The Labute approximate surface area is 114 Å². The highest BCUT2D eigenvalue weighted by Crippen LogP contribution is 2.20. The van der Waals surface area contributed by atoms with Gasteiger partial charge >= 0.3 is 0 Å². The van der Waals surface area contributed by atoms with Crippen molar-refractivity contribution in [3.63, 3.8) is 0 Å². The zero-order valence-electron chi connectivity index (χ0n) is 10.0. The number of hydrogen-bond donors (Lipinski definition) is 1. The first-order valence-corrected chi connectivity index (χ1v) is 6.47. The molecule has 2 rings (SSSR count). The number of hydrogen-bond acceptors (Lipinski definition) is 3. The van der Waals surface area contributed by atoms with E-state index in [2.05, 4.69) is 32.4 Å². The van der Waals surface area contributed by atoms with Crippen LogP contribution in [-0.2, 0) is 13.1 Å². The van der Waals surface area contributed by atoms with Crippen LogP contribution in [0.1, 0.15) is 18.1 Å². The van der Waals surface area contributed by atoms with E-state index in [1.54, 1.807) is 6.07 Å². The molecule has 18 heavy (non-hydrogen) atoms. The Kier molecular flexibility index (Phi) is 4.00. The van der Waals surface area contributed by atoms with Crippen LogP contribution in [0.2, 0.25) is 0 Å². The Hall–Kier alpha value is -1.80. The summed E-state index contributed by atoms with van der Waals surface area (Å²) < 4.78 is 2.78. The summed E-state index contributed by atoms with van der Waals surface area (Å²) in [6.07, 6.45) is 3.83. The minimum Gasteiger partial charge on any atom is -0.380 e. The summed E-state index contributed by atoms with van der Waals surface area (Å²) in [5.41, 5.74) is 2.57. The Bertz CT molecular complexity index is 583. The van der Waals surface area contributed by atoms with Gasteiger partial charge in [-0.1, -0.05) is 15.9 Å². The van der Waals surface area contributed by atoms with Gasteiger partial charge in [-0.15, -0.1) is 0 Å².